The Morgan fingerprint density at radius 1 is 1.10 bits per heavy atom. The minimum absolute atomic E-state index is 0.0359. The lowest BCUT2D eigenvalue weighted by Crippen LogP contribution is -2.46. The van der Waals surface area contributed by atoms with Crippen LogP contribution in [-0.4, -0.2) is 36.1 Å². The van der Waals surface area contributed by atoms with Gasteiger partial charge >= 0.3 is 5.90 Å². The van der Waals surface area contributed by atoms with Crippen LogP contribution in [0, 0.1) is 24.1 Å². The summed E-state index contributed by atoms with van der Waals surface area (Å²) >= 11 is 12.4. The van der Waals surface area contributed by atoms with E-state index >= 15 is 0 Å². The van der Waals surface area contributed by atoms with Crippen LogP contribution >= 0.6 is 23.2 Å². The summed E-state index contributed by atoms with van der Waals surface area (Å²) in [5, 5.41) is 0.867. The maximum atomic E-state index is 14.6. The van der Waals surface area contributed by atoms with Crippen LogP contribution < -0.4 is 0 Å². The zero-order valence-electron chi connectivity index (χ0n) is 23.6. The largest absolute Gasteiger partial charge is 0.744 e. The summed E-state index contributed by atoms with van der Waals surface area (Å²) in [5.41, 5.74) is 2.86. The number of ether oxygens (including phenoxy) is 1. The molecule has 0 aromatic heterocycles. The summed E-state index contributed by atoms with van der Waals surface area (Å²) in [4.78, 5) is -0.178. The maximum absolute atomic E-state index is 14.6. The Bertz CT molecular complexity index is 1620. The zero-order valence-corrected chi connectivity index (χ0v) is 25.9. The van der Waals surface area contributed by atoms with Gasteiger partial charge in [0.25, 0.3) is 0 Å². The molecule has 0 amide bonds. The van der Waals surface area contributed by atoms with E-state index in [-0.39, 0.29) is 33.1 Å². The van der Waals surface area contributed by atoms with Crippen molar-refractivity contribution in [2.24, 2.45) is 11.3 Å². The zero-order chi connectivity index (χ0) is 30.2. The van der Waals surface area contributed by atoms with Gasteiger partial charge in [-0.15, -0.1) is 6.58 Å². The number of hydrogen-bond acceptors (Lipinski definition) is 4. The fourth-order valence-corrected chi connectivity index (χ4v) is 7.12. The van der Waals surface area contributed by atoms with Crippen LogP contribution in [0.5, 0.6) is 0 Å². The molecule has 2 aliphatic heterocycles. The van der Waals surface area contributed by atoms with Gasteiger partial charge < -0.3 is 9.29 Å². The van der Waals surface area contributed by atoms with Gasteiger partial charge in [0.1, 0.15) is 15.9 Å². The second-order valence-corrected chi connectivity index (χ2v) is 14.0. The van der Waals surface area contributed by atoms with Gasteiger partial charge in [-0.05, 0) is 81.5 Å². The van der Waals surface area contributed by atoms with Crippen molar-refractivity contribution in [1.29, 1.82) is 0 Å². The van der Waals surface area contributed by atoms with E-state index in [2.05, 4.69) is 24.1 Å². The number of rotatable bonds is 6. The molecule has 9 heteroatoms. The van der Waals surface area contributed by atoms with E-state index in [0.29, 0.717) is 18.6 Å². The molecule has 0 saturated heterocycles. The first-order valence-corrected chi connectivity index (χ1v) is 16.2. The molecule has 3 aromatic carbocycles. The van der Waals surface area contributed by atoms with E-state index in [4.69, 9.17) is 27.9 Å². The van der Waals surface area contributed by atoms with Gasteiger partial charge in [0.2, 0.25) is 0 Å². The van der Waals surface area contributed by atoms with Gasteiger partial charge in [-0.3, -0.25) is 0 Å². The van der Waals surface area contributed by atoms with Crippen LogP contribution in [0.3, 0.4) is 0 Å². The van der Waals surface area contributed by atoms with Crippen LogP contribution in [0.2, 0.25) is 10.0 Å². The van der Waals surface area contributed by atoms with Gasteiger partial charge in [0, 0.05) is 16.5 Å². The molecule has 0 bridgehead atoms. The highest BCUT2D eigenvalue weighted by atomic mass is 35.5. The summed E-state index contributed by atoms with van der Waals surface area (Å²) in [6.07, 6.45) is 6.13. The minimum Gasteiger partial charge on any atom is -0.744 e. The Morgan fingerprint density at radius 3 is 2.40 bits per heavy atom. The van der Waals surface area contributed by atoms with E-state index in [1.165, 1.54) is 30.5 Å². The molecule has 222 valence electrons. The number of aryl methyl sites for hydroxylation is 1. The quantitative estimate of drug-likeness (QED) is 0.157. The summed E-state index contributed by atoms with van der Waals surface area (Å²) in [6, 6.07) is 19.4. The predicted molar refractivity (Wildman–Crippen MR) is 163 cm³/mol. The topological polar surface area (TPSA) is 69.4 Å². The molecule has 3 aliphatic rings. The van der Waals surface area contributed by atoms with Crippen molar-refractivity contribution >= 4 is 39.2 Å². The number of benzene rings is 3. The molecule has 5 nitrogen and oxygen atoms in total. The van der Waals surface area contributed by atoms with E-state index in [1.54, 1.807) is 24.3 Å². The molecule has 0 unspecified atom stereocenters. The third-order valence-corrected chi connectivity index (χ3v) is 9.87. The average molecular weight is 631 g/mol. The first-order valence-electron chi connectivity index (χ1n) is 14.0. The summed E-state index contributed by atoms with van der Waals surface area (Å²) in [5.74, 6) is 1.41. The van der Waals surface area contributed by atoms with E-state index in [1.807, 2.05) is 37.3 Å². The van der Waals surface area contributed by atoms with E-state index < -0.39 is 10.1 Å². The Balaban J connectivity index is 0.000000271. The Kier molecular flexibility index (Phi) is 8.87. The maximum Gasteiger partial charge on any atom is 0.343 e. The fourth-order valence-electron chi connectivity index (χ4n) is 6.33. The number of halogens is 3. The number of allylic oxidation sites excluding steroid dienone is 1. The molecule has 0 radical (unpaired) electrons. The number of hydrogen-bond donors (Lipinski definition) is 0. The minimum atomic E-state index is -4.27. The van der Waals surface area contributed by atoms with Gasteiger partial charge in [-0.2, -0.15) is 4.58 Å². The average Bonchev–Trinajstić information content (AvgIpc) is 3.68. The molecule has 0 N–H and O–H groups in total. The molecule has 1 saturated carbocycles. The summed E-state index contributed by atoms with van der Waals surface area (Å²) in [6.45, 7) is 8.80. The van der Waals surface area contributed by atoms with Crippen molar-refractivity contribution in [2.75, 3.05) is 6.61 Å². The van der Waals surface area contributed by atoms with Gasteiger partial charge in [0.15, 0.2) is 18.7 Å². The molecule has 1 fully saturated rings. The first-order chi connectivity index (χ1) is 19.9. The normalized spacial score (nSPS) is 25.2. The molecular formula is C33H34Cl2FNO4S. The molecule has 4 atom stereocenters. The Labute approximate surface area is 257 Å². The predicted octanol–water partition coefficient (Wildman–Crippen LogP) is 8.06. The molecule has 0 spiro atoms. The van der Waals surface area contributed by atoms with Crippen molar-refractivity contribution in [3.05, 3.63) is 112 Å². The van der Waals surface area contributed by atoms with Crippen LogP contribution in [-0.2, 0) is 14.9 Å². The third kappa shape index (κ3) is 6.45. The summed E-state index contributed by atoms with van der Waals surface area (Å²) in [7, 11) is -4.27. The van der Waals surface area contributed by atoms with E-state index in [0.717, 1.165) is 34.9 Å². The molecule has 1 aliphatic carbocycles. The second-order valence-electron chi connectivity index (χ2n) is 11.7. The lowest BCUT2D eigenvalue weighted by Gasteiger charge is -2.38. The van der Waals surface area contributed by atoms with Crippen molar-refractivity contribution in [2.45, 2.75) is 62.4 Å². The standard InChI is InChI=1S/C26H27Cl2FNO.C7H8O3S/c1-3-11-26(2)14-20(17-5-4-6-19(27)12-17)24(18-9-10-21(28)22(29)13-18)30-23(16-7-8-16)15-31-25(26)30;1-6-2-4-7(5-3-6)11(8,9)10/h3-6,9-10,12-13,16,20,23-24H,1,7-8,11,14-15H2,2H3;2-5H,1H3,(H,8,9,10)/q+1;/p-1/t20-,23-,24-,26+;/m1./s1. The molecule has 6 rings (SSSR count). The molecular weight excluding hydrogens is 596 g/mol. The Morgan fingerprint density at radius 2 is 1.81 bits per heavy atom. The van der Waals surface area contributed by atoms with Crippen molar-refractivity contribution < 1.29 is 26.7 Å². The fraction of sp³-hybridized carbons (Fsp3) is 0.364. The number of nitrogens with zero attached hydrogens (tertiary/aromatic N) is 1. The lowest BCUT2D eigenvalue weighted by molar-refractivity contribution is -0.614. The highest BCUT2D eigenvalue weighted by molar-refractivity contribution is 7.85. The first kappa shape index (κ1) is 30.7. The summed E-state index contributed by atoms with van der Waals surface area (Å²) < 4.78 is 54.6. The third-order valence-electron chi connectivity index (χ3n) is 8.48. The molecule has 3 aromatic rings. The van der Waals surface area contributed by atoms with Crippen LogP contribution in [0.1, 0.15) is 61.3 Å². The molecule has 2 heterocycles. The van der Waals surface area contributed by atoms with Crippen molar-refractivity contribution in [1.82, 2.24) is 0 Å². The van der Waals surface area contributed by atoms with Crippen molar-refractivity contribution in [3.8, 4) is 0 Å². The van der Waals surface area contributed by atoms with Gasteiger partial charge in [-0.1, -0.05) is 65.2 Å². The highest BCUT2D eigenvalue weighted by Crippen LogP contribution is 2.53. The lowest BCUT2D eigenvalue weighted by atomic mass is 9.69. The smallest absolute Gasteiger partial charge is 0.343 e. The van der Waals surface area contributed by atoms with Crippen molar-refractivity contribution in [3.63, 3.8) is 0 Å². The van der Waals surface area contributed by atoms with Gasteiger partial charge in [-0.25, -0.2) is 12.8 Å². The second kappa shape index (κ2) is 12.1. The van der Waals surface area contributed by atoms with Crippen LogP contribution in [0.25, 0.3) is 0 Å². The van der Waals surface area contributed by atoms with E-state index in [9.17, 15) is 17.4 Å². The Hall–Kier alpha value is -2.71. The monoisotopic (exact) mass is 629 g/mol. The van der Waals surface area contributed by atoms with Gasteiger partial charge in [0.05, 0.1) is 21.3 Å². The SMILES string of the molecule is C=CC[C@@]1(C)C[C@H](c2cccc(Cl)c2)[C@@H](c2ccc(Cl)c(F)c2)[N+]2=C1OC[C@@H]2C1CC1.Cc1ccc(S(=O)(=O)[O-])cc1. The van der Waals surface area contributed by atoms with Crippen LogP contribution in [0.4, 0.5) is 4.39 Å². The highest BCUT2D eigenvalue weighted by Gasteiger charge is 2.59. The van der Waals surface area contributed by atoms with Crippen LogP contribution in [0.15, 0.2) is 84.3 Å². The molecule has 42 heavy (non-hydrogen) atoms.